The average Bonchev–Trinajstić information content (AvgIpc) is 2.12. The molecule has 1 fully saturated rings. The molecule has 0 saturated carbocycles. The van der Waals surface area contributed by atoms with Crippen molar-refractivity contribution in [3.8, 4) is 0 Å². The van der Waals surface area contributed by atoms with Gasteiger partial charge in [-0.05, 0) is 32.6 Å². The van der Waals surface area contributed by atoms with Gasteiger partial charge >= 0.3 is 0 Å². The van der Waals surface area contributed by atoms with Gasteiger partial charge in [0.05, 0.1) is 31.0 Å². The van der Waals surface area contributed by atoms with Crippen molar-refractivity contribution in [2.75, 3.05) is 6.61 Å². The first kappa shape index (κ1) is 12.9. The van der Waals surface area contributed by atoms with Crippen LogP contribution < -0.4 is 0 Å². The van der Waals surface area contributed by atoms with Crippen LogP contribution in [0.1, 0.15) is 40.5 Å². The largest absolute Gasteiger partial charge is 0.390 e. The van der Waals surface area contributed by atoms with Crippen molar-refractivity contribution in [3.63, 3.8) is 0 Å². The van der Waals surface area contributed by atoms with Crippen LogP contribution in [0.25, 0.3) is 0 Å². The standard InChI is InChI=1S/C12H24O3/c1-8(2)12(13)7-14-11-5-9(3)15-10(4)6-11/h8-13H,5-7H2,1-4H3. The van der Waals surface area contributed by atoms with Crippen LogP contribution in [0.5, 0.6) is 0 Å². The molecule has 1 N–H and O–H groups in total. The van der Waals surface area contributed by atoms with Crippen LogP contribution >= 0.6 is 0 Å². The Kier molecular flexibility index (Phi) is 5.03. The van der Waals surface area contributed by atoms with E-state index in [0.717, 1.165) is 12.8 Å². The zero-order valence-corrected chi connectivity index (χ0v) is 10.3. The van der Waals surface area contributed by atoms with Gasteiger partial charge < -0.3 is 14.6 Å². The predicted molar refractivity (Wildman–Crippen MR) is 59.8 cm³/mol. The molecule has 3 atom stereocenters. The van der Waals surface area contributed by atoms with Crippen molar-refractivity contribution in [3.05, 3.63) is 0 Å². The quantitative estimate of drug-likeness (QED) is 0.781. The lowest BCUT2D eigenvalue weighted by Gasteiger charge is -2.32. The Hall–Kier alpha value is -0.120. The summed E-state index contributed by atoms with van der Waals surface area (Å²) in [5.74, 6) is 0.264. The molecule has 0 aromatic rings. The van der Waals surface area contributed by atoms with E-state index in [9.17, 15) is 5.11 Å². The Bertz CT molecular complexity index is 172. The van der Waals surface area contributed by atoms with Gasteiger partial charge in [-0.15, -0.1) is 0 Å². The van der Waals surface area contributed by atoms with E-state index in [1.54, 1.807) is 0 Å². The molecule has 90 valence electrons. The van der Waals surface area contributed by atoms with E-state index in [2.05, 4.69) is 13.8 Å². The number of aliphatic hydroxyl groups is 1. The Morgan fingerprint density at radius 3 is 2.27 bits per heavy atom. The van der Waals surface area contributed by atoms with Crippen LogP contribution in [-0.4, -0.2) is 36.1 Å². The van der Waals surface area contributed by atoms with E-state index >= 15 is 0 Å². The second kappa shape index (κ2) is 5.83. The summed E-state index contributed by atoms with van der Waals surface area (Å²) in [5.41, 5.74) is 0. The Balaban J connectivity index is 2.26. The maximum absolute atomic E-state index is 9.63. The van der Waals surface area contributed by atoms with Crippen LogP contribution in [0.2, 0.25) is 0 Å². The minimum atomic E-state index is -0.349. The SMILES string of the molecule is CC1CC(OCC(O)C(C)C)CC(C)O1. The summed E-state index contributed by atoms with van der Waals surface area (Å²) in [5, 5.41) is 9.63. The molecule has 1 aliphatic rings. The molecule has 0 aromatic carbocycles. The van der Waals surface area contributed by atoms with Gasteiger partial charge in [0, 0.05) is 0 Å². The molecule has 3 nitrogen and oxygen atoms in total. The molecule has 0 spiro atoms. The third-order valence-electron chi connectivity index (χ3n) is 2.93. The summed E-state index contributed by atoms with van der Waals surface area (Å²) < 4.78 is 11.3. The highest BCUT2D eigenvalue weighted by Crippen LogP contribution is 2.22. The summed E-state index contributed by atoms with van der Waals surface area (Å²) in [7, 11) is 0. The Labute approximate surface area is 92.8 Å². The first-order valence-electron chi connectivity index (χ1n) is 5.94. The van der Waals surface area contributed by atoms with E-state index < -0.39 is 0 Å². The molecule has 15 heavy (non-hydrogen) atoms. The van der Waals surface area contributed by atoms with Gasteiger partial charge in [-0.1, -0.05) is 13.8 Å². The topological polar surface area (TPSA) is 38.7 Å². The molecule has 0 aromatic heterocycles. The molecule has 1 saturated heterocycles. The van der Waals surface area contributed by atoms with E-state index in [-0.39, 0.29) is 30.3 Å². The van der Waals surface area contributed by atoms with Crippen LogP contribution in [-0.2, 0) is 9.47 Å². The highest BCUT2D eigenvalue weighted by atomic mass is 16.5. The molecule has 3 heteroatoms. The van der Waals surface area contributed by atoms with E-state index in [0.29, 0.717) is 6.61 Å². The molecule has 3 unspecified atom stereocenters. The third kappa shape index (κ3) is 4.49. The zero-order valence-electron chi connectivity index (χ0n) is 10.3. The van der Waals surface area contributed by atoms with Crippen molar-refractivity contribution in [1.29, 1.82) is 0 Å². The summed E-state index contributed by atoms with van der Waals surface area (Å²) >= 11 is 0. The van der Waals surface area contributed by atoms with Crippen molar-refractivity contribution >= 4 is 0 Å². The maximum Gasteiger partial charge on any atom is 0.0796 e. The normalized spacial score (nSPS) is 34.4. The molecule has 1 heterocycles. The smallest absolute Gasteiger partial charge is 0.0796 e. The van der Waals surface area contributed by atoms with E-state index in [1.807, 2.05) is 13.8 Å². The lowest BCUT2D eigenvalue weighted by atomic mass is 10.0. The van der Waals surface area contributed by atoms with Crippen LogP contribution in [0.15, 0.2) is 0 Å². The number of hydrogen-bond donors (Lipinski definition) is 1. The number of ether oxygens (including phenoxy) is 2. The van der Waals surface area contributed by atoms with Gasteiger partial charge in [0.1, 0.15) is 0 Å². The number of aliphatic hydroxyl groups excluding tert-OH is 1. The molecule has 1 rings (SSSR count). The summed E-state index contributed by atoms with van der Waals surface area (Å²) in [4.78, 5) is 0. The van der Waals surface area contributed by atoms with Gasteiger partial charge in [-0.3, -0.25) is 0 Å². The van der Waals surface area contributed by atoms with Crippen LogP contribution in [0.4, 0.5) is 0 Å². The lowest BCUT2D eigenvalue weighted by Crippen LogP contribution is -2.36. The van der Waals surface area contributed by atoms with Crippen molar-refractivity contribution in [1.82, 2.24) is 0 Å². The highest BCUT2D eigenvalue weighted by molar-refractivity contribution is 4.74. The molecular weight excluding hydrogens is 192 g/mol. The summed E-state index contributed by atoms with van der Waals surface area (Å²) in [6.45, 7) is 8.60. The van der Waals surface area contributed by atoms with Gasteiger partial charge in [-0.2, -0.15) is 0 Å². The van der Waals surface area contributed by atoms with E-state index in [4.69, 9.17) is 9.47 Å². The Morgan fingerprint density at radius 1 is 1.27 bits per heavy atom. The van der Waals surface area contributed by atoms with Crippen LogP contribution in [0.3, 0.4) is 0 Å². The monoisotopic (exact) mass is 216 g/mol. The summed E-state index contributed by atoms with van der Waals surface area (Å²) in [6, 6.07) is 0. The maximum atomic E-state index is 9.63. The van der Waals surface area contributed by atoms with Crippen molar-refractivity contribution < 1.29 is 14.6 Å². The zero-order chi connectivity index (χ0) is 11.4. The lowest BCUT2D eigenvalue weighted by molar-refractivity contribution is -0.116. The molecule has 0 radical (unpaired) electrons. The van der Waals surface area contributed by atoms with Gasteiger partial charge in [0.2, 0.25) is 0 Å². The van der Waals surface area contributed by atoms with Gasteiger partial charge in [-0.25, -0.2) is 0 Å². The first-order valence-corrected chi connectivity index (χ1v) is 5.94. The second-order valence-electron chi connectivity index (χ2n) is 5.00. The molecular formula is C12H24O3. The average molecular weight is 216 g/mol. The van der Waals surface area contributed by atoms with Gasteiger partial charge in [0.25, 0.3) is 0 Å². The van der Waals surface area contributed by atoms with Crippen LogP contribution in [0, 0.1) is 5.92 Å². The second-order valence-corrected chi connectivity index (χ2v) is 5.00. The minimum Gasteiger partial charge on any atom is -0.390 e. The molecule has 1 aliphatic heterocycles. The molecule has 0 aliphatic carbocycles. The van der Waals surface area contributed by atoms with Crippen molar-refractivity contribution in [2.24, 2.45) is 5.92 Å². The highest BCUT2D eigenvalue weighted by Gasteiger charge is 2.25. The Morgan fingerprint density at radius 2 is 1.80 bits per heavy atom. The fourth-order valence-corrected chi connectivity index (χ4v) is 1.91. The van der Waals surface area contributed by atoms with E-state index in [1.165, 1.54) is 0 Å². The fraction of sp³-hybridized carbons (Fsp3) is 1.00. The molecule has 0 bridgehead atoms. The number of rotatable bonds is 4. The third-order valence-corrected chi connectivity index (χ3v) is 2.93. The van der Waals surface area contributed by atoms with Gasteiger partial charge in [0.15, 0.2) is 0 Å². The number of hydrogen-bond acceptors (Lipinski definition) is 3. The predicted octanol–water partition coefficient (Wildman–Crippen LogP) is 1.98. The molecule has 0 amide bonds. The van der Waals surface area contributed by atoms with Crippen molar-refractivity contribution in [2.45, 2.75) is 65.0 Å². The minimum absolute atomic E-state index is 0.247. The first-order chi connectivity index (χ1) is 6.99. The fourth-order valence-electron chi connectivity index (χ4n) is 1.91. The summed E-state index contributed by atoms with van der Waals surface area (Å²) in [6.07, 6.45) is 2.32.